The van der Waals surface area contributed by atoms with Gasteiger partial charge in [0, 0.05) is 6.42 Å². The average molecular weight is 346 g/mol. The molecule has 0 bridgehead atoms. The fourth-order valence-electron chi connectivity index (χ4n) is 3.14. The van der Waals surface area contributed by atoms with Crippen LogP contribution < -0.4 is 0 Å². The van der Waals surface area contributed by atoms with E-state index in [2.05, 4.69) is 0 Å². The lowest BCUT2D eigenvalue weighted by Crippen LogP contribution is -2.33. The van der Waals surface area contributed by atoms with Crippen molar-refractivity contribution in [3.63, 3.8) is 0 Å². The third kappa shape index (κ3) is 6.18. The molecule has 1 aromatic carbocycles. The Kier molecular flexibility index (Phi) is 5.91. The number of esters is 2. The molecule has 0 heterocycles. The first-order valence-corrected chi connectivity index (χ1v) is 9.11. The van der Waals surface area contributed by atoms with E-state index in [4.69, 9.17) is 9.47 Å². The van der Waals surface area contributed by atoms with Gasteiger partial charge in [0.05, 0.1) is 11.5 Å². The lowest BCUT2D eigenvalue weighted by atomic mass is 9.97. The van der Waals surface area contributed by atoms with Crippen LogP contribution in [0.1, 0.15) is 76.2 Å². The highest BCUT2D eigenvalue weighted by atomic mass is 16.6. The van der Waals surface area contributed by atoms with Gasteiger partial charge in [0.25, 0.3) is 0 Å². The molecule has 1 saturated carbocycles. The molecule has 1 aromatic rings. The van der Waals surface area contributed by atoms with E-state index >= 15 is 0 Å². The van der Waals surface area contributed by atoms with Gasteiger partial charge in [-0.1, -0.05) is 25.0 Å². The van der Waals surface area contributed by atoms with Crippen molar-refractivity contribution in [2.45, 2.75) is 77.9 Å². The van der Waals surface area contributed by atoms with Crippen LogP contribution in [-0.4, -0.2) is 23.1 Å². The summed E-state index contributed by atoms with van der Waals surface area (Å²) in [5.74, 6) is -0.340. The molecule has 0 aromatic heterocycles. The molecule has 1 aliphatic rings. The molecule has 0 N–H and O–H groups in total. The van der Waals surface area contributed by atoms with Crippen molar-refractivity contribution < 1.29 is 19.1 Å². The summed E-state index contributed by atoms with van der Waals surface area (Å²) in [5.41, 5.74) is 0.482. The van der Waals surface area contributed by atoms with E-state index in [-0.39, 0.29) is 17.9 Å². The summed E-state index contributed by atoms with van der Waals surface area (Å²) < 4.78 is 11.1. The van der Waals surface area contributed by atoms with E-state index < -0.39 is 11.2 Å². The Hall–Kier alpha value is -1.84. The van der Waals surface area contributed by atoms with Gasteiger partial charge >= 0.3 is 11.9 Å². The molecular weight excluding hydrogens is 316 g/mol. The number of hydrogen-bond donors (Lipinski definition) is 0. The summed E-state index contributed by atoms with van der Waals surface area (Å²) in [5, 5.41) is 0. The van der Waals surface area contributed by atoms with E-state index in [1.54, 1.807) is 12.1 Å². The monoisotopic (exact) mass is 346 g/mol. The van der Waals surface area contributed by atoms with Gasteiger partial charge in [-0.3, -0.25) is 4.79 Å². The second-order valence-electron chi connectivity index (χ2n) is 8.54. The van der Waals surface area contributed by atoms with Gasteiger partial charge in [-0.15, -0.1) is 0 Å². The van der Waals surface area contributed by atoms with E-state index in [0.717, 1.165) is 31.2 Å². The molecule has 0 radical (unpaired) electrons. The van der Waals surface area contributed by atoms with Gasteiger partial charge < -0.3 is 9.47 Å². The molecule has 0 saturated heterocycles. The van der Waals surface area contributed by atoms with Crippen molar-refractivity contribution in [2.24, 2.45) is 5.92 Å². The van der Waals surface area contributed by atoms with Crippen LogP contribution in [-0.2, 0) is 20.7 Å². The molecule has 25 heavy (non-hydrogen) atoms. The zero-order valence-electron chi connectivity index (χ0n) is 16.1. The molecule has 0 spiro atoms. The Morgan fingerprint density at radius 3 is 2.04 bits per heavy atom. The summed E-state index contributed by atoms with van der Waals surface area (Å²) in [6.45, 7) is 9.41. The first kappa shape index (κ1) is 19.5. The normalized spacial score (nSPS) is 15.9. The summed E-state index contributed by atoms with van der Waals surface area (Å²) >= 11 is 0. The highest BCUT2D eigenvalue weighted by Crippen LogP contribution is 2.28. The largest absolute Gasteiger partial charge is 0.459 e. The maximum Gasteiger partial charge on any atom is 0.338 e. The van der Waals surface area contributed by atoms with Gasteiger partial charge in [0.15, 0.2) is 0 Å². The predicted molar refractivity (Wildman–Crippen MR) is 97.4 cm³/mol. The third-order valence-electron chi connectivity index (χ3n) is 4.28. The Bertz CT molecular complexity index is 602. The molecule has 0 atom stereocenters. The second-order valence-corrected chi connectivity index (χ2v) is 8.54. The van der Waals surface area contributed by atoms with Crippen LogP contribution in [0.3, 0.4) is 0 Å². The molecule has 1 aliphatic carbocycles. The fourth-order valence-corrected chi connectivity index (χ4v) is 3.14. The Balaban J connectivity index is 1.95. The molecule has 1 fully saturated rings. The fraction of sp³-hybridized carbons (Fsp3) is 0.619. The number of carbonyl (C=O) groups excluding carboxylic acids is 2. The van der Waals surface area contributed by atoms with Crippen molar-refractivity contribution in [1.82, 2.24) is 0 Å². The Morgan fingerprint density at radius 2 is 1.52 bits per heavy atom. The van der Waals surface area contributed by atoms with Gasteiger partial charge in [-0.2, -0.15) is 0 Å². The zero-order chi connectivity index (χ0) is 18.7. The average Bonchev–Trinajstić information content (AvgIpc) is 2.99. The minimum atomic E-state index is -0.562. The summed E-state index contributed by atoms with van der Waals surface area (Å²) in [6, 6.07) is 7.31. The molecule has 4 heteroatoms. The van der Waals surface area contributed by atoms with E-state index in [1.807, 2.05) is 46.8 Å². The maximum atomic E-state index is 12.2. The standard InChI is InChI=1S/C21H30O4/c1-20(2,3)24-18(22)17-12-10-15(11-13-17)14-21(4,5)25-19(23)16-8-6-7-9-16/h10-13,16H,6-9,14H2,1-5H3. The van der Waals surface area contributed by atoms with E-state index in [0.29, 0.717) is 12.0 Å². The van der Waals surface area contributed by atoms with Gasteiger partial charge in [0.2, 0.25) is 0 Å². The first-order valence-electron chi connectivity index (χ1n) is 9.11. The minimum absolute atomic E-state index is 0.0637. The molecule has 0 aliphatic heterocycles. The smallest absolute Gasteiger partial charge is 0.338 e. The molecular formula is C21H30O4. The summed E-state index contributed by atoms with van der Waals surface area (Å²) in [6.07, 6.45) is 4.73. The number of ether oxygens (including phenoxy) is 2. The summed E-state index contributed by atoms with van der Waals surface area (Å²) in [4.78, 5) is 24.3. The molecule has 138 valence electrons. The minimum Gasteiger partial charge on any atom is -0.459 e. The molecule has 2 rings (SSSR count). The number of rotatable bonds is 5. The summed E-state index contributed by atoms with van der Waals surface area (Å²) in [7, 11) is 0. The van der Waals surface area contributed by atoms with Crippen molar-refractivity contribution in [3.8, 4) is 0 Å². The van der Waals surface area contributed by atoms with Crippen LogP contribution in [0.5, 0.6) is 0 Å². The van der Waals surface area contributed by atoms with Gasteiger partial charge in [-0.25, -0.2) is 4.79 Å². The van der Waals surface area contributed by atoms with Crippen molar-refractivity contribution >= 4 is 11.9 Å². The highest BCUT2D eigenvalue weighted by molar-refractivity contribution is 5.89. The lowest BCUT2D eigenvalue weighted by Gasteiger charge is -2.27. The van der Waals surface area contributed by atoms with Crippen LogP contribution >= 0.6 is 0 Å². The topological polar surface area (TPSA) is 52.6 Å². The number of benzene rings is 1. The molecule has 0 unspecified atom stereocenters. The van der Waals surface area contributed by atoms with Crippen LogP contribution in [0.4, 0.5) is 0 Å². The molecule has 4 nitrogen and oxygen atoms in total. The Labute approximate surface area is 150 Å². The van der Waals surface area contributed by atoms with Crippen molar-refractivity contribution in [2.75, 3.05) is 0 Å². The predicted octanol–water partition coefficient (Wildman–Crippen LogP) is 4.70. The number of hydrogen-bond acceptors (Lipinski definition) is 4. The van der Waals surface area contributed by atoms with Crippen molar-refractivity contribution in [3.05, 3.63) is 35.4 Å². The number of carbonyl (C=O) groups is 2. The second kappa shape index (κ2) is 7.59. The third-order valence-corrected chi connectivity index (χ3v) is 4.28. The van der Waals surface area contributed by atoms with E-state index in [1.165, 1.54) is 0 Å². The Morgan fingerprint density at radius 1 is 0.960 bits per heavy atom. The van der Waals surface area contributed by atoms with Crippen LogP contribution in [0, 0.1) is 5.92 Å². The van der Waals surface area contributed by atoms with Crippen LogP contribution in [0.2, 0.25) is 0 Å². The maximum absolute atomic E-state index is 12.2. The van der Waals surface area contributed by atoms with Crippen molar-refractivity contribution in [1.29, 1.82) is 0 Å². The highest BCUT2D eigenvalue weighted by Gasteiger charge is 2.30. The first-order chi connectivity index (χ1) is 11.6. The lowest BCUT2D eigenvalue weighted by molar-refractivity contribution is -0.161. The quantitative estimate of drug-likeness (QED) is 0.725. The van der Waals surface area contributed by atoms with Gasteiger partial charge in [-0.05, 0) is 65.2 Å². The van der Waals surface area contributed by atoms with E-state index in [9.17, 15) is 9.59 Å². The zero-order valence-corrected chi connectivity index (χ0v) is 16.1. The van der Waals surface area contributed by atoms with Crippen LogP contribution in [0.25, 0.3) is 0 Å². The SMILES string of the molecule is CC(C)(C)OC(=O)c1ccc(CC(C)(C)OC(=O)C2CCCC2)cc1. The van der Waals surface area contributed by atoms with Crippen LogP contribution in [0.15, 0.2) is 24.3 Å². The van der Waals surface area contributed by atoms with Gasteiger partial charge in [0.1, 0.15) is 11.2 Å². The molecule has 0 amide bonds.